The Morgan fingerprint density at radius 1 is 0.305 bits per heavy atom. The first-order valence-corrected chi connectivity index (χ1v) is 28.9. The van der Waals surface area contributed by atoms with Crippen LogP contribution in [-0.2, 0) is 86.0 Å². The molecule has 0 aliphatic carbocycles. The lowest BCUT2D eigenvalue weighted by atomic mass is 9.98. The molecule has 24 heteroatoms. The predicted octanol–water partition coefficient (Wildman–Crippen LogP) is 3.90. The third kappa shape index (κ3) is 23.9. The average molecular weight is 1170 g/mol. The van der Waals surface area contributed by atoms with Gasteiger partial charge in [-0.2, -0.15) is 0 Å². The molecule has 0 radical (unpaired) electrons. The monoisotopic (exact) mass is 1170 g/mol. The minimum atomic E-state index is -1.52. The van der Waals surface area contributed by atoms with E-state index in [1.807, 2.05) is 0 Å². The minimum Gasteiger partial charge on any atom is -0.451 e. The van der Waals surface area contributed by atoms with Crippen LogP contribution in [0, 0.1) is 53.3 Å². The Morgan fingerprint density at radius 2 is 0.537 bits per heavy atom. The van der Waals surface area contributed by atoms with Crippen LogP contribution >= 0.6 is 0 Å². The number of ether oxygens (including phenoxy) is 6. The molecule has 468 valence electrons. The summed E-state index contributed by atoms with van der Waals surface area (Å²) in [6.07, 6.45) is -8.86. The van der Waals surface area contributed by atoms with Gasteiger partial charge in [0.05, 0.1) is 0 Å². The SMILES string of the molecule is CC[C@H](C)[C@@H]1OC(=O)[C@@H](C)NC(=O)[C@@H](CC(C)C)OC(=O)[C@H](C(C)C)NC(=O)[C@H](C(C)C)OC(=O)[C@@H](C)NC(=O)[C@@H](CC(C)C)OC(=O)[C@H](C(C)C)NC(=O)[C@H](C(C)C)OC(=O)[C@@H](C)NC(=O)[C@@H](CC(C)C)OC(=O)[C@@H](C(C)C)NC1=O. The average Bonchev–Trinajstić information content (AvgIpc) is 3.46. The lowest BCUT2D eigenvalue weighted by molar-refractivity contribution is -0.167. The summed E-state index contributed by atoms with van der Waals surface area (Å²) >= 11 is 0. The Morgan fingerprint density at radius 3 is 0.744 bits per heavy atom. The quantitative estimate of drug-likeness (QED) is 0.112. The number of carbonyl (C=O) groups is 12. The van der Waals surface area contributed by atoms with Gasteiger partial charge in [-0.25, -0.2) is 28.8 Å². The summed E-state index contributed by atoms with van der Waals surface area (Å²) in [7, 11) is 0. The Kier molecular flexibility index (Phi) is 30.8. The van der Waals surface area contributed by atoms with E-state index < -0.39 is 180 Å². The molecule has 1 fully saturated rings. The highest BCUT2D eigenvalue weighted by molar-refractivity contribution is 5.95. The number of rotatable bonds is 13. The highest BCUT2D eigenvalue weighted by Crippen LogP contribution is 2.21. The largest absolute Gasteiger partial charge is 0.451 e. The summed E-state index contributed by atoms with van der Waals surface area (Å²) in [4.78, 5) is 166. The van der Waals surface area contributed by atoms with Gasteiger partial charge in [-0.15, -0.1) is 0 Å². The van der Waals surface area contributed by atoms with Gasteiger partial charge in [-0.1, -0.05) is 125 Å². The predicted molar refractivity (Wildman–Crippen MR) is 300 cm³/mol. The molecule has 0 aromatic carbocycles. The van der Waals surface area contributed by atoms with E-state index in [0.717, 1.165) is 0 Å². The zero-order chi connectivity index (χ0) is 63.4. The molecule has 1 aliphatic rings. The lowest BCUT2D eigenvalue weighted by Crippen LogP contribution is -2.55. The summed E-state index contributed by atoms with van der Waals surface area (Å²) in [5.41, 5.74) is 0. The fraction of sp³-hybridized carbons (Fsp3) is 0.793. The number of esters is 6. The molecule has 82 heavy (non-hydrogen) atoms. The lowest BCUT2D eigenvalue weighted by Gasteiger charge is -2.30. The van der Waals surface area contributed by atoms with E-state index >= 15 is 0 Å². The third-order valence-electron chi connectivity index (χ3n) is 13.4. The van der Waals surface area contributed by atoms with Crippen molar-refractivity contribution in [2.45, 2.75) is 244 Å². The zero-order valence-electron chi connectivity index (χ0n) is 52.3. The molecule has 1 rings (SSSR count). The fourth-order valence-corrected chi connectivity index (χ4v) is 8.15. The van der Waals surface area contributed by atoms with E-state index in [4.69, 9.17) is 28.4 Å². The summed E-state index contributed by atoms with van der Waals surface area (Å²) in [6.45, 7) is 33.7. The molecule has 0 saturated carbocycles. The zero-order valence-corrected chi connectivity index (χ0v) is 52.3. The molecular weight excluding hydrogens is 1070 g/mol. The molecule has 0 aromatic rings. The molecule has 0 spiro atoms. The van der Waals surface area contributed by atoms with E-state index in [2.05, 4.69) is 31.9 Å². The molecule has 1 aliphatic heterocycles. The van der Waals surface area contributed by atoms with E-state index in [1.165, 1.54) is 20.8 Å². The number of carbonyl (C=O) groups excluding carboxylic acids is 12. The first-order valence-electron chi connectivity index (χ1n) is 28.9. The minimum absolute atomic E-state index is 0.0331. The molecule has 6 amide bonds. The second-order valence-electron chi connectivity index (χ2n) is 24.5. The fourth-order valence-electron chi connectivity index (χ4n) is 8.15. The number of hydrogen-bond acceptors (Lipinski definition) is 18. The van der Waals surface area contributed by atoms with Crippen molar-refractivity contribution in [2.75, 3.05) is 0 Å². The molecule has 0 bridgehead atoms. The van der Waals surface area contributed by atoms with Crippen molar-refractivity contribution in [1.82, 2.24) is 31.9 Å². The smallest absolute Gasteiger partial charge is 0.329 e. The first kappa shape index (κ1) is 73.7. The van der Waals surface area contributed by atoms with Crippen molar-refractivity contribution in [3.05, 3.63) is 0 Å². The molecular formula is C58H98N6O18. The van der Waals surface area contributed by atoms with Crippen molar-refractivity contribution in [1.29, 1.82) is 0 Å². The van der Waals surface area contributed by atoms with E-state index in [1.54, 1.807) is 125 Å². The summed E-state index contributed by atoms with van der Waals surface area (Å²) < 4.78 is 34.2. The van der Waals surface area contributed by atoms with E-state index in [-0.39, 0.29) is 37.0 Å². The van der Waals surface area contributed by atoms with Crippen LogP contribution in [0.15, 0.2) is 0 Å². The summed E-state index contributed by atoms with van der Waals surface area (Å²) in [5, 5.41) is 15.2. The second-order valence-corrected chi connectivity index (χ2v) is 24.5. The van der Waals surface area contributed by atoms with Crippen LogP contribution in [0.5, 0.6) is 0 Å². The van der Waals surface area contributed by atoms with Gasteiger partial charge in [-0.3, -0.25) is 28.8 Å². The van der Waals surface area contributed by atoms with Crippen LogP contribution < -0.4 is 31.9 Å². The second kappa shape index (κ2) is 34.3. The van der Waals surface area contributed by atoms with Gasteiger partial charge in [0.15, 0.2) is 36.6 Å². The van der Waals surface area contributed by atoms with Crippen LogP contribution in [0.4, 0.5) is 0 Å². The van der Waals surface area contributed by atoms with Crippen LogP contribution in [0.25, 0.3) is 0 Å². The van der Waals surface area contributed by atoms with Gasteiger partial charge < -0.3 is 60.3 Å². The number of amides is 6. The van der Waals surface area contributed by atoms with Crippen LogP contribution in [0.3, 0.4) is 0 Å². The Bertz CT molecular complexity index is 2200. The van der Waals surface area contributed by atoms with Crippen LogP contribution in [0.2, 0.25) is 0 Å². The maximum atomic E-state index is 14.1. The highest BCUT2D eigenvalue weighted by Gasteiger charge is 2.41. The van der Waals surface area contributed by atoms with Gasteiger partial charge in [-0.05, 0) is 93.8 Å². The van der Waals surface area contributed by atoms with Crippen molar-refractivity contribution in [3.63, 3.8) is 0 Å². The maximum Gasteiger partial charge on any atom is 0.329 e. The van der Waals surface area contributed by atoms with Gasteiger partial charge in [0.2, 0.25) is 0 Å². The van der Waals surface area contributed by atoms with Gasteiger partial charge in [0.25, 0.3) is 35.4 Å². The Balaban J connectivity index is 3.97. The number of nitrogens with one attached hydrogen (secondary N) is 6. The normalized spacial score (nSPS) is 28.4. The van der Waals surface area contributed by atoms with Crippen molar-refractivity contribution in [3.8, 4) is 0 Å². The number of cyclic esters (lactones) is 6. The molecule has 1 heterocycles. The van der Waals surface area contributed by atoms with Gasteiger partial charge in [0, 0.05) is 5.92 Å². The third-order valence-corrected chi connectivity index (χ3v) is 13.4. The molecule has 0 aromatic heterocycles. The summed E-state index contributed by atoms with van der Waals surface area (Å²) in [6, 6.07) is -8.46. The van der Waals surface area contributed by atoms with Gasteiger partial charge in [0.1, 0.15) is 36.3 Å². The van der Waals surface area contributed by atoms with Crippen molar-refractivity contribution < 1.29 is 86.0 Å². The van der Waals surface area contributed by atoms with E-state index in [0.29, 0.717) is 6.42 Å². The van der Waals surface area contributed by atoms with Gasteiger partial charge >= 0.3 is 35.8 Å². The Hall–Kier alpha value is -6.36. The Labute approximate surface area is 484 Å². The van der Waals surface area contributed by atoms with Crippen LogP contribution in [0.1, 0.15) is 171 Å². The van der Waals surface area contributed by atoms with Crippen molar-refractivity contribution in [2.24, 2.45) is 53.3 Å². The van der Waals surface area contributed by atoms with Crippen molar-refractivity contribution >= 4 is 71.3 Å². The molecule has 1 saturated heterocycles. The van der Waals surface area contributed by atoms with E-state index in [9.17, 15) is 57.5 Å². The number of hydrogen-bond donors (Lipinski definition) is 6. The molecule has 13 atom stereocenters. The molecule has 0 unspecified atom stereocenters. The summed E-state index contributed by atoms with van der Waals surface area (Å²) in [5.74, 6) is -16.3. The molecule has 6 N–H and O–H groups in total. The molecule has 24 nitrogen and oxygen atoms in total. The maximum absolute atomic E-state index is 14.1. The van der Waals surface area contributed by atoms with Crippen LogP contribution in [-0.4, -0.2) is 144 Å². The highest BCUT2D eigenvalue weighted by atomic mass is 16.6. The first-order chi connectivity index (χ1) is 37.8. The standard InChI is InChI=1S/C58H98N6O18/c1-22-34(18)46-52(70)64-43(31(12)13)58(76)79-39(24-27(4)5)48(66)60-36(20)54(72)81-44(32(14)15)50(68)62-41(29(8)9)56(74)77-38(23-26(2)3)47(65)59-35(19)53(71)80-45(33(16)17)51(69)63-42(30(10)11)57(75)78-40(25-28(6)7)49(67)61-37(21)55(73)82-46/h26-46H,22-25H2,1-21H3,(H,59,65)(H,60,66)(H,61,67)(H,62,68)(H,63,69)(H,64,70)/t34-,35+,36+,37+,38+,39+,40+,41-,42-,43+,44-,45-,46-/m0/s1. The topological polar surface area (TPSA) is 332 Å².